The number of Topliss-reactive ketones (excluding diaryl/α,β-unsaturated/α-hetero) is 2. The highest BCUT2D eigenvalue weighted by Crippen LogP contribution is 2.27. The zero-order valence-electron chi connectivity index (χ0n) is 15.9. The van der Waals surface area contributed by atoms with Gasteiger partial charge in [-0.3, -0.25) is 9.59 Å². The van der Waals surface area contributed by atoms with Gasteiger partial charge in [0, 0.05) is 15.4 Å². The minimum absolute atomic E-state index is 0.275. The van der Waals surface area contributed by atoms with Gasteiger partial charge in [0.15, 0.2) is 5.78 Å². The molecule has 0 saturated carbocycles. The van der Waals surface area contributed by atoms with Crippen molar-refractivity contribution in [2.75, 3.05) is 6.61 Å². The number of ether oxygens (including phenoxy) is 1. The SMILES string of the molecule is CC(=O)C(COC(=O)c1ccccc1)C(=O)c1ccc(Sc2ccccc2)cc1. The Balaban J connectivity index is 1.65. The minimum Gasteiger partial charge on any atom is -0.461 e. The molecular weight excluding hydrogens is 384 g/mol. The van der Waals surface area contributed by atoms with Gasteiger partial charge < -0.3 is 4.74 Å². The average Bonchev–Trinajstić information content (AvgIpc) is 2.75. The van der Waals surface area contributed by atoms with Crippen molar-refractivity contribution in [1.82, 2.24) is 0 Å². The third-order valence-electron chi connectivity index (χ3n) is 4.32. The summed E-state index contributed by atoms with van der Waals surface area (Å²) in [6, 6.07) is 25.5. The van der Waals surface area contributed by atoms with Crippen molar-refractivity contribution in [1.29, 1.82) is 0 Å². The van der Waals surface area contributed by atoms with Crippen LogP contribution in [-0.2, 0) is 9.53 Å². The largest absolute Gasteiger partial charge is 0.461 e. The fraction of sp³-hybridized carbons (Fsp3) is 0.125. The molecule has 146 valence electrons. The fourth-order valence-electron chi connectivity index (χ4n) is 2.71. The minimum atomic E-state index is -1.02. The van der Waals surface area contributed by atoms with Gasteiger partial charge in [-0.2, -0.15) is 0 Å². The Labute approximate surface area is 173 Å². The van der Waals surface area contributed by atoms with Crippen molar-refractivity contribution in [3.8, 4) is 0 Å². The summed E-state index contributed by atoms with van der Waals surface area (Å²) in [7, 11) is 0. The number of benzene rings is 3. The average molecular weight is 404 g/mol. The van der Waals surface area contributed by atoms with Gasteiger partial charge in [0.2, 0.25) is 0 Å². The first kappa shape index (κ1) is 20.6. The maximum atomic E-state index is 12.8. The van der Waals surface area contributed by atoms with Crippen LogP contribution >= 0.6 is 11.8 Å². The van der Waals surface area contributed by atoms with Crippen LogP contribution in [0.25, 0.3) is 0 Å². The van der Waals surface area contributed by atoms with Crippen LogP contribution in [0.3, 0.4) is 0 Å². The number of rotatable bonds is 8. The highest BCUT2D eigenvalue weighted by atomic mass is 32.2. The summed E-state index contributed by atoms with van der Waals surface area (Å²) < 4.78 is 5.21. The second-order valence-electron chi connectivity index (χ2n) is 6.43. The van der Waals surface area contributed by atoms with E-state index in [0.29, 0.717) is 11.1 Å². The highest BCUT2D eigenvalue weighted by molar-refractivity contribution is 7.99. The summed E-state index contributed by atoms with van der Waals surface area (Å²) in [6.07, 6.45) is 0. The predicted molar refractivity (Wildman–Crippen MR) is 112 cm³/mol. The Bertz CT molecular complexity index is 982. The van der Waals surface area contributed by atoms with Crippen LogP contribution in [0.15, 0.2) is 94.7 Å². The lowest BCUT2D eigenvalue weighted by molar-refractivity contribution is -0.120. The molecule has 0 aliphatic heterocycles. The molecule has 0 heterocycles. The van der Waals surface area contributed by atoms with Crippen LogP contribution in [0.1, 0.15) is 27.6 Å². The summed E-state index contributed by atoms with van der Waals surface area (Å²) in [4.78, 5) is 39.0. The molecule has 0 N–H and O–H groups in total. The van der Waals surface area contributed by atoms with E-state index in [-0.39, 0.29) is 18.2 Å². The van der Waals surface area contributed by atoms with E-state index in [1.54, 1.807) is 54.2 Å². The van der Waals surface area contributed by atoms with E-state index in [1.165, 1.54) is 6.92 Å². The Morgan fingerprint density at radius 2 is 1.31 bits per heavy atom. The van der Waals surface area contributed by atoms with Gasteiger partial charge in [-0.15, -0.1) is 0 Å². The number of carbonyl (C=O) groups is 3. The molecule has 0 aliphatic rings. The van der Waals surface area contributed by atoms with Gasteiger partial charge in [-0.05, 0) is 43.3 Å². The molecular formula is C24H20O4S. The molecule has 29 heavy (non-hydrogen) atoms. The second-order valence-corrected chi connectivity index (χ2v) is 7.58. The summed E-state index contributed by atoms with van der Waals surface area (Å²) in [5.41, 5.74) is 0.794. The molecule has 0 bridgehead atoms. The molecule has 0 radical (unpaired) electrons. The zero-order chi connectivity index (χ0) is 20.6. The van der Waals surface area contributed by atoms with Gasteiger partial charge in [-0.1, -0.05) is 60.3 Å². The summed E-state index contributed by atoms with van der Waals surface area (Å²) >= 11 is 1.59. The maximum absolute atomic E-state index is 12.8. The monoisotopic (exact) mass is 404 g/mol. The van der Waals surface area contributed by atoms with Crippen LogP contribution in [0, 0.1) is 5.92 Å². The Kier molecular flexibility index (Phi) is 6.98. The molecule has 3 aromatic carbocycles. The van der Waals surface area contributed by atoms with E-state index >= 15 is 0 Å². The van der Waals surface area contributed by atoms with Crippen molar-refractivity contribution in [3.05, 3.63) is 96.1 Å². The smallest absolute Gasteiger partial charge is 0.338 e. The van der Waals surface area contributed by atoms with Crippen LogP contribution in [0.5, 0.6) is 0 Å². The van der Waals surface area contributed by atoms with Gasteiger partial charge in [0.25, 0.3) is 0 Å². The van der Waals surface area contributed by atoms with Crippen LogP contribution < -0.4 is 0 Å². The van der Waals surface area contributed by atoms with Crippen LogP contribution in [0.2, 0.25) is 0 Å². The van der Waals surface area contributed by atoms with Gasteiger partial charge >= 0.3 is 5.97 Å². The molecule has 0 spiro atoms. The van der Waals surface area contributed by atoms with Crippen LogP contribution in [-0.4, -0.2) is 24.1 Å². The number of carbonyl (C=O) groups excluding carboxylic acids is 3. The predicted octanol–water partition coefficient (Wildman–Crippen LogP) is 5.08. The molecule has 0 fully saturated rings. The van der Waals surface area contributed by atoms with E-state index < -0.39 is 11.9 Å². The fourth-order valence-corrected chi connectivity index (χ4v) is 3.54. The second kappa shape index (κ2) is 9.85. The topological polar surface area (TPSA) is 60.4 Å². The number of hydrogen-bond donors (Lipinski definition) is 0. The normalized spacial score (nSPS) is 11.5. The Hall–Kier alpha value is -3.18. The standard InChI is InChI=1S/C24H20O4S/c1-17(25)22(16-28-24(27)19-8-4-2-5-9-19)23(26)18-12-14-21(15-13-18)29-20-10-6-3-7-11-20/h2-15,22H,16H2,1H3. The van der Waals surface area contributed by atoms with Gasteiger partial charge in [0.05, 0.1) is 5.56 Å². The molecule has 1 unspecified atom stereocenters. The summed E-state index contributed by atoms with van der Waals surface area (Å²) in [5, 5.41) is 0. The van der Waals surface area contributed by atoms with E-state index in [2.05, 4.69) is 0 Å². The molecule has 4 nitrogen and oxygen atoms in total. The first-order chi connectivity index (χ1) is 14.0. The first-order valence-corrected chi connectivity index (χ1v) is 9.96. The summed E-state index contributed by atoms with van der Waals surface area (Å²) in [6.45, 7) is 1.06. The van der Waals surface area contributed by atoms with Crippen molar-refractivity contribution in [2.24, 2.45) is 5.92 Å². The van der Waals surface area contributed by atoms with Crippen molar-refractivity contribution < 1.29 is 19.1 Å². The molecule has 5 heteroatoms. The lowest BCUT2D eigenvalue weighted by atomic mass is 9.95. The van der Waals surface area contributed by atoms with E-state index in [1.807, 2.05) is 42.5 Å². The summed E-state index contributed by atoms with van der Waals surface area (Å²) in [5.74, 6) is -2.26. The van der Waals surface area contributed by atoms with Crippen molar-refractivity contribution in [3.63, 3.8) is 0 Å². The third kappa shape index (κ3) is 5.65. The third-order valence-corrected chi connectivity index (χ3v) is 5.33. The molecule has 0 amide bonds. The van der Waals surface area contributed by atoms with Crippen molar-refractivity contribution in [2.45, 2.75) is 16.7 Å². The van der Waals surface area contributed by atoms with E-state index in [4.69, 9.17) is 4.74 Å². The quantitative estimate of drug-likeness (QED) is 0.298. The number of hydrogen-bond acceptors (Lipinski definition) is 5. The van der Waals surface area contributed by atoms with Gasteiger partial charge in [0.1, 0.15) is 18.3 Å². The number of esters is 1. The molecule has 3 rings (SSSR count). The maximum Gasteiger partial charge on any atom is 0.338 e. The van der Waals surface area contributed by atoms with Crippen LogP contribution in [0.4, 0.5) is 0 Å². The zero-order valence-corrected chi connectivity index (χ0v) is 16.7. The molecule has 0 aromatic heterocycles. The number of ketones is 2. The van der Waals surface area contributed by atoms with Crippen molar-refractivity contribution >= 4 is 29.3 Å². The lowest BCUT2D eigenvalue weighted by Crippen LogP contribution is -2.28. The Morgan fingerprint density at radius 3 is 1.90 bits per heavy atom. The lowest BCUT2D eigenvalue weighted by Gasteiger charge is -2.14. The van der Waals surface area contributed by atoms with E-state index in [9.17, 15) is 14.4 Å². The molecule has 1 atom stereocenters. The molecule has 0 saturated heterocycles. The van der Waals surface area contributed by atoms with E-state index in [0.717, 1.165) is 9.79 Å². The van der Waals surface area contributed by atoms with Gasteiger partial charge in [-0.25, -0.2) is 4.79 Å². The Morgan fingerprint density at radius 1 is 0.759 bits per heavy atom. The highest BCUT2D eigenvalue weighted by Gasteiger charge is 2.26. The first-order valence-electron chi connectivity index (χ1n) is 9.14. The molecule has 0 aliphatic carbocycles. The molecule has 3 aromatic rings.